The van der Waals surface area contributed by atoms with E-state index in [1.54, 1.807) is 0 Å². The Bertz CT molecular complexity index is 647. The van der Waals surface area contributed by atoms with E-state index in [2.05, 4.69) is 9.72 Å². The molecule has 1 N–H and O–H groups in total. The number of ketones is 1. The van der Waals surface area contributed by atoms with Crippen molar-refractivity contribution in [1.82, 2.24) is 9.88 Å². The Kier molecular flexibility index (Phi) is 2.74. The second-order valence-electron chi connectivity index (χ2n) is 4.64. The van der Waals surface area contributed by atoms with Gasteiger partial charge in [-0.25, -0.2) is 4.79 Å². The summed E-state index contributed by atoms with van der Waals surface area (Å²) in [4.78, 5) is 27.8. The van der Waals surface area contributed by atoms with Crippen LogP contribution in [0, 0.1) is 0 Å². The number of hydrogen-bond donors (Lipinski definition) is 1. The molecule has 0 aliphatic carbocycles. The Hall–Kier alpha value is -2.30. The van der Waals surface area contributed by atoms with Gasteiger partial charge in [0.15, 0.2) is 5.78 Å². The molecule has 0 spiro atoms. The van der Waals surface area contributed by atoms with E-state index in [4.69, 9.17) is 0 Å². The van der Waals surface area contributed by atoms with E-state index in [-0.39, 0.29) is 12.3 Å². The first kappa shape index (κ1) is 11.8. The topological polar surface area (TPSA) is 62.4 Å². The average molecular weight is 258 g/mol. The van der Waals surface area contributed by atoms with Gasteiger partial charge in [0.25, 0.3) is 0 Å². The number of benzene rings is 1. The van der Waals surface area contributed by atoms with E-state index in [0.717, 1.165) is 16.5 Å². The number of carbonyl (C=O) groups is 2. The van der Waals surface area contributed by atoms with Crippen LogP contribution in [0.5, 0.6) is 0 Å². The van der Waals surface area contributed by atoms with Crippen LogP contribution in [0.3, 0.4) is 0 Å². The number of methoxy groups -OCH3 is 1. The maximum atomic E-state index is 11.7. The van der Waals surface area contributed by atoms with Crippen LogP contribution in [0.25, 0.3) is 10.9 Å². The number of rotatable bonds is 2. The van der Waals surface area contributed by atoms with Gasteiger partial charge in [-0.2, -0.15) is 0 Å². The molecule has 2 heterocycles. The van der Waals surface area contributed by atoms with Gasteiger partial charge in [0.1, 0.15) is 6.04 Å². The number of fused-ring (bicyclic) bond motifs is 1. The molecule has 5 heteroatoms. The third-order valence-corrected chi connectivity index (χ3v) is 3.57. The number of carbonyl (C=O) groups excluding carboxylic acids is 2. The zero-order chi connectivity index (χ0) is 13.4. The largest absolute Gasteiger partial charge is 0.453 e. The lowest BCUT2D eigenvalue weighted by molar-refractivity contribution is -0.134. The molecule has 98 valence electrons. The number of nitrogens with zero attached hydrogens (tertiary/aromatic N) is 1. The zero-order valence-corrected chi connectivity index (χ0v) is 10.6. The van der Waals surface area contributed by atoms with Crippen LogP contribution in [0.2, 0.25) is 0 Å². The van der Waals surface area contributed by atoms with Crippen LogP contribution in [0.1, 0.15) is 5.56 Å². The fraction of sp³-hybridized carbons (Fsp3) is 0.286. The molecule has 5 nitrogen and oxygen atoms in total. The highest BCUT2D eigenvalue weighted by atomic mass is 16.5. The minimum absolute atomic E-state index is 0.0793. The van der Waals surface area contributed by atoms with Gasteiger partial charge in [0.2, 0.25) is 0 Å². The molecular formula is C14H14N2O3. The first-order chi connectivity index (χ1) is 9.20. The maximum Gasteiger partial charge on any atom is 0.410 e. The summed E-state index contributed by atoms with van der Waals surface area (Å²) in [6, 6.07) is 7.51. The number of Topliss-reactive ketones (excluding diaryl/α,β-unsaturated/α-hetero) is 1. The Labute approximate surface area is 110 Å². The van der Waals surface area contributed by atoms with E-state index >= 15 is 0 Å². The predicted octanol–water partition coefficient (Wildman–Crippen LogP) is 1.73. The van der Waals surface area contributed by atoms with Crippen molar-refractivity contribution in [1.29, 1.82) is 0 Å². The lowest BCUT2D eigenvalue weighted by atomic mass is 9.94. The molecule has 0 bridgehead atoms. The van der Waals surface area contributed by atoms with E-state index in [0.29, 0.717) is 6.42 Å². The van der Waals surface area contributed by atoms with Crippen molar-refractivity contribution < 1.29 is 14.3 Å². The fourth-order valence-corrected chi connectivity index (χ4v) is 2.49. The van der Waals surface area contributed by atoms with Crippen LogP contribution < -0.4 is 0 Å². The molecule has 0 radical (unpaired) electrons. The van der Waals surface area contributed by atoms with Gasteiger partial charge in [-0.3, -0.25) is 9.69 Å². The van der Waals surface area contributed by atoms with Crippen molar-refractivity contribution in [2.24, 2.45) is 0 Å². The lowest BCUT2D eigenvalue weighted by Crippen LogP contribution is -2.60. The molecule has 3 rings (SSSR count). The van der Waals surface area contributed by atoms with Gasteiger partial charge in [0, 0.05) is 23.5 Å². The molecule has 1 amide bonds. The number of amides is 1. The molecule has 1 fully saturated rings. The summed E-state index contributed by atoms with van der Waals surface area (Å²) in [6.45, 7) is 0.152. The van der Waals surface area contributed by atoms with Crippen molar-refractivity contribution in [3.63, 3.8) is 0 Å². The van der Waals surface area contributed by atoms with Crippen molar-refractivity contribution in [3.8, 4) is 0 Å². The van der Waals surface area contributed by atoms with E-state index < -0.39 is 12.1 Å². The molecule has 1 aliphatic heterocycles. The van der Waals surface area contributed by atoms with Crippen LogP contribution in [-0.4, -0.2) is 41.5 Å². The SMILES string of the molecule is COC(=O)N1CC(=O)[C@@H]1Cc1c[nH]c2ccccc12. The van der Waals surface area contributed by atoms with E-state index in [1.807, 2.05) is 30.5 Å². The fourth-order valence-electron chi connectivity index (χ4n) is 2.49. The Balaban J connectivity index is 1.84. The number of hydrogen-bond acceptors (Lipinski definition) is 3. The monoisotopic (exact) mass is 258 g/mol. The number of aromatic nitrogens is 1. The van der Waals surface area contributed by atoms with Crippen LogP contribution in [0.15, 0.2) is 30.5 Å². The predicted molar refractivity (Wildman–Crippen MR) is 69.9 cm³/mol. The Morgan fingerprint density at radius 1 is 1.47 bits per heavy atom. The number of aromatic amines is 1. The molecule has 0 saturated carbocycles. The standard InChI is InChI=1S/C14H14N2O3/c1-19-14(18)16-8-13(17)12(16)6-9-7-15-11-5-3-2-4-10(9)11/h2-5,7,12,15H,6,8H2,1H3/t12-/m0/s1. The maximum absolute atomic E-state index is 11.7. The number of ether oxygens (including phenoxy) is 1. The summed E-state index contributed by atoms with van der Waals surface area (Å²) >= 11 is 0. The molecule has 1 aromatic heterocycles. The van der Waals surface area contributed by atoms with E-state index in [1.165, 1.54) is 12.0 Å². The highest BCUT2D eigenvalue weighted by molar-refractivity contribution is 5.98. The first-order valence-electron chi connectivity index (χ1n) is 6.13. The average Bonchev–Trinajstić information content (AvgIpc) is 2.84. The third-order valence-electron chi connectivity index (χ3n) is 3.57. The summed E-state index contributed by atoms with van der Waals surface area (Å²) in [5.41, 5.74) is 2.08. The molecule has 1 aromatic carbocycles. The first-order valence-corrected chi connectivity index (χ1v) is 6.13. The number of likely N-dealkylation sites (tertiary alicyclic amines) is 1. The van der Waals surface area contributed by atoms with Gasteiger partial charge in [-0.05, 0) is 11.6 Å². The highest BCUT2D eigenvalue weighted by Gasteiger charge is 2.41. The normalized spacial score (nSPS) is 18.5. The molecule has 1 aliphatic rings. The van der Waals surface area contributed by atoms with Gasteiger partial charge in [0.05, 0.1) is 13.7 Å². The number of H-pyrrole nitrogens is 1. The van der Waals surface area contributed by atoms with Gasteiger partial charge in [-0.15, -0.1) is 0 Å². The third kappa shape index (κ3) is 1.87. The molecule has 1 atom stereocenters. The molecule has 2 aromatic rings. The van der Waals surface area contributed by atoms with Gasteiger partial charge in [-0.1, -0.05) is 18.2 Å². The van der Waals surface area contributed by atoms with Crippen LogP contribution in [0.4, 0.5) is 4.79 Å². The van der Waals surface area contributed by atoms with E-state index in [9.17, 15) is 9.59 Å². The number of para-hydroxylation sites is 1. The second-order valence-corrected chi connectivity index (χ2v) is 4.64. The summed E-state index contributed by atoms with van der Waals surface area (Å²) in [6.07, 6.45) is 1.98. The smallest absolute Gasteiger partial charge is 0.410 e. The van der Waals surface area contributed by atoms with Crippen molar-refractivity contribution in [2.45, 2.75) is 12.5 Å². The van der Waals surface area contributed by atoms with Crippen molar-refractivity contribution >= 4 is 22.8 Å². The molecule has 19 heavy (non-hydrogen) atoms. The van der Waals surface area contributed by atoms with Crippen LogP contribution >= 0.6 is 0 Å². The Morgan fingerprint density at radius 2 is 2.26 bits per heavy atom. The molecular weight excluding hydrogens is 244 g/mol. The minimum atomic E-state index is -0.440. The minimum Gasteiger partial charge on any atom is -0.453 e. The highest BCUT2D eigenvalue weighted by Crippen LogP contribution is 2.24. The lowest BCUT2D eigenvalue weighted by Gasteiger charge is -2.37. The molecule has 0 unspecified atom stereocenters. The zero-order valence-electron chi connectivity index (χ0n) is 10.6. The number of nitrogens with one attached hydrogen (secondary N) is 1. The quantitative estimate of drug-likeness (QED) is 0.892. The second kappa shape index (κ2) is 4.42. The summed E-state index contributed by atoms with van der Waals surface area (Å²) < 4.78 is 4.67. The Morgan fingerprint density at radius 3 is 3.00 bits per heavy atom. The molecule has 1 saturated heterocycles. The summed E-state index contributed by atoms with van der Waals surface area (Å²) in [7, 11) is 1.33. The van der Waals surface area contributed by atoms with Gasteiger partial charge < -0.3 is 9.72 Å². The summed E-state index contributed by atoms with van der Waals surface area (Å²) in [5, 5.41) is 1.09. The van der Waals surface area contributed by atoms with Gasteiger partial charge >= 0.3 is 6.09 Å². The van der Waals surface area contributed by atoms with Crippen molar-refractivity contribution in [3.05, 3.63) is 36.0 Å². The van der Waals surface area contributed by atoms with Crippen molar-refractivity contribution in [2.75, 3.05) is 13.7 Å². The summed E-state index contributed by atoms with van der Waals surface area (Å²) in [5.74, 6) is 0.0793. The van der Waals surface area contributed by atoms with Crippen LogP contribution in [-0.2, 0) is 16.0 Å².